The molecule has 0 amide bonds. The summed E-state index contributed by atoms with van der Waals surface area (Å²) in [5.41, 5.74) is 2.95. The molecular formula is C16H20O3. The Hall–Kier alpha value is -1.64. The Bertz CT molecular complexity index is 503. The quantitative estimate of drug-likeness (QED) is 0.475. The van der Waals surface area contributed by atoms with Crippen molar-refractivity contribution in [3.8, 4) is 0 Å². The number of carbonyl (C=O) groups is 2. The normalized spacial score (nSPS) is 17.4. The Labute approximate surface area is 114 Å². The van der Waals surface area contributed by atoms with Crippen LogP contribution >= 0.6 is 0 Å². The lowest BCUT2D eigenvalue weighted by Gasteiger charge is -2.12. The van der Waals surface area contributed by atoms with Crippen LogP contribution in [0.3, 0.4) is 0 Å². The van der Waals surface area contributed by atoms with Gasteiger partial charge < -0.3 is 4.74 Å². The Morgan fingerprint density at radius 3 is 2.58 bits per heavy atom. The van der Waals surface area contributed by atoms with Crippen molar-refractivity contribution in [2.45, 2.75) is 33.6 Å². The number of hydrogen-bond donors (Lipinski definition) is 0. The summed E-state index contributed by atoms with van der Waals surface area (Å²) in [6.07, 6.45) is 2.07. The maximum atomic E-state index is 11.9. The molecule has 0 N–H and O–H groups in total. The minimum absolute atomic E-state index is 0.227. The van der Waals surface area contributed by atoms with Gasteiger partial charge >= 0.3 is 5.97 Å². The molecule has 3 heteroatoms. The topological polar surface area (TPSA) is 43.4 Å². The van der Waals surface area contributed by atoms with Crippen LogP contribution in [0.25, 0.3) is 0 Å². The van der Waals surface area contributed by atoms with E-state index in [0.29, 0.717) is 17.4 Å². The Kier molecular flexibility index (Phi) is 4.03. The third-order valence-corrected chi connectivity index (χ3v) is 3.84. The first-order valence-electron chi connectivity index (χ1n) is 6.86. The Morgan fingerprint density at radius 2 is 1.95 bits per heavy atom. The molecule has 102 valence electrons. The summed E-state index contributed by atoms with van der Waals surface area (Å²) in [6.45, 7) is 6.37. The number of carbonyl (C=O) groups excluding carboxylic acids is 2. The maximum Gasteiger partial charge on any atom is 0.379 e. The van der Waals surface area contributed by atoms with Crippen LogP contribution in [0.1, 0.15) is 42.3 Å². The van der Waals surface area contributed by atoms with E-state index in [-0.39, 0.29) is 6.61 Å². The van der Waals surface area contributed by atoms with Gasteiger partial charge in [-0.05, 0) is 48.8 Å². The predicted molar refractivity (Wildman–Crippen MR) is 73.1 cm³/mol. The molecule has 3 nitrogen and oxygen atoms in total. The minimum Gasteiger partial charge on any atom is -0.460 e. The molecule has 0 fully saturated rings. The van der Waals surface area contributed by atoms with Crippen molar-refractivity contribution in [2.24, 2.45) is 11.8 Å². The van der Waals surface area contributed by atoms with Gasteiger partial charge in [0.25, 0.3) is 5.78 Å². The lowest BCUT2D eigenvalue weighted by Crippen LogP contribution is -2.17. The number of esters is 1. The highest BCUT2D eigenvalue weighted by Crippen LogP contribution is 2.32. The van der Waals surface area contributed by atoms with Crippen molar-refractivity contribution in [1.29, 1.82) is 0 Å². The van der Waals surface area contributed by atoms with Gasteiger partial charge in [0.2, 0.25) is 0 Å². The van der Waals surface area contributed by atoms with Crippen LogP contribution in [-0.2, 0) is 22.4 Å². The summed E-state index contributed by atoms with van der Waals surface area (Å²) in [7, 11) is 0. The van der Waals surface area contributed by atoms with Gasteiger partial charge in [-0.3, -0.25) is 4.79 Å². The van der Waals surface area contributed by atoms with Crippen LogP contribution < -0.4 is 0 Å². The predicted octanol–water partition coefficient (Wildman–Crippen LogP) is 2.80. The van der Waals surface area contributed by atoms with Crippen LogP contribution in [0.15, 0.2) is 18.2 Å². The van der Waals surface area contributed by atoms with E-state index in [2.05, 4.69) is 13.8 Å². The molecule has 0 radical (unpaired) electrons. The molecule has 0 saturated carbocycles. The van der Waals surface area contributed by atoms with Crippen molar-refractivity contribution in [3.63, 3.8) is 0 Å². The molecule has 2 rings (SSSR count). The molecule has 0 aliphatic heterocycles. The zero-order valence-corrected chi connectivity index (χ0v) is 11.7. The Balaban J connectivity index is 2.18. The van der Waals surface area contributed by atoms with Crippen LogP contribution in [0.5, 0.6) is 0 Å². The highest BCUT2D eigenvalue weighted by Gasteiger charge is 2.26. The fourth-order valence-electron chi connectivity index (χ4n) is 2.58. The monoisotopic (exact) mass is 260 g/mol. The van der Waals surface area contributed by atoms with Gasteiger partial charge in [0.1, 0.15) is 0 Å². The molecule has 19 heavy (non-hydrogen) atoms. The lowest BCUT2D eigenvalue weighted by molar-refractivity contribution is -0.137. The number of benzene rings is 1. The van der Waals surface area contributed by atoms with E-state index in [1.165, 1.54) is 11.1 Å². The SMILES string of the molecule is CCOC(=O)C(=O)c1ccc2c(c1)CC(C(C)C)C2. The summed E-state index contributed by atoms with van der Waals surface area (Å²) in [5, 5.41) is 0. The second-order valence-electron chi connectivity index (χ2n) is 5.45. The number of ether oxygens (including phenoxy) is 1. The van der Waals surface area contributed by atoms with E-state index in [9.17, 15) is 9.59 Å². The first-order valence-corrected chi connectivity index (χ1v) is 6.86. The molecule has 0 bridgehead atoms. The van der Waals surface area contributed by atoms with Gasteiger partial charge in [-0.25, -0.2) is 4.79 Å². The summed E-state index contributed by atoms with van der Waals surface area (Å²) < 4.78 is 4.75. The van der Waals surface area contributed by atoms with Crippen molar-refractivity contribution in [2.75, 3.05) is 6.61 Å². The summed E-state index contributed by atoms with van der Waals surface area (Å²) in [6, 6.07) is 5.57. The summed E-state index contributed by atoms with van der Waals surface area (Å²) >= 11 is 0. The zero-order valence-electron chi connectivity index (χ0n) is 11.7. The number of ketones is 1. The number of Topliss-reactive ketones (excluding diaryl/α,β-unsaturated/α-hetero) is 1. The van der Waals surface area contributed by atoms with Gasteiger partial charge in [0, 0.05) is 5.56 Å². The van der Waals surface area contributed by atoms with E-state index in [1.807, 2.05) is 12.1 Å². The van der Waals surface area contributed by atoms with Crippen LogP contribution in [0, 0.1) is 11.8 Å². The number of rotatable bonds is 4. The molecule has 0 aromatic heterocycles. The van der Waals surface area contributed by atoms with Crippen LogP contribution in [0.2, 0.25) is 0 Å². The van der Waals surface area contributed by atoms with Gasteiger partial charge in [-0.2, -0.15) is 0 Å². The van der Waals surface area contributed by atoms with E-state index in [4.69, 9.17) is 4.74 Å². The molecule has 1 atom stereocenters. The largest absolute Gasteiger partial charge is 0.460 e. The molecule has 1 aliphatic carbocycles. The molecular weight excluding hydrogens is 240 g/mol. The molecule has 0 saturated heterocycles. The first-order chi connectivity index (χ1) is 9.02. The second-order valence-corrected chi connectivity index (χ2v) is 5.45. The van der Waals surface area contributed by atoms with E-state index >= 15 is 0 Å². The lowest BCUT2D eigenvalue weighted by atomic mass is 9.93. The second kappa shape index (κ2) is 5.55. The third-order valence-electron chi connectivity index (χ3n) is 3.84. The van der Waals surface area contributed by atoms with Crippen molar-refractivity contribution in [3.05, 3.63) is 34.9 Å². The van der Waals surface area contributed by atoms with Crippen molar-refractivity contribution in [1.82, 2.24) is 0 Å². The minimum atomic E-state index is -0.763. The summed E-state index contributed by atoms with van der Waals surface area (Å²) in [4.78, 5) is 23.3. The van der Waals surface area contributed by atoms with E-state index in [0.717, 1.165) is 12.8 Å². The Morgan fingerprint density at radius 1 is 1.26 bits per heavy atom. The molecule has 1 aliphatic rings. The standard InChI is InChI=1S/C16H20O3/c1-4-19-16(18)15(17)12-6-5-11-7-13(10(2)3)9-14(11)8-12/h5-6,8,10,13H,4,7,9H2,1-3H3. The van der Waals surface area contributed by atoms with Crippen LogP contribution in [-0.4, -0.2) is 18.4 Å². The average Bonchev–Trinajstić information content (AvgIpc) is 2.81. The smallest absolute Gasteiger partial charge is 0.379 e. The van der Waals surface area contributed by atoms with E-state index < -0.39 is 11.8 Å². The summed E-state index contributed by atoms with van der Waals surface area (Å²) in [5.74, 6) is -0.0296. The van der Waals surface area contributed by atoms with Crippen LogP contribution in [0.4, 0.5) is 0 Å². The average molecular weight is 260 g/mol. The zero-order chi connectivity index (χ0) is 14.0. The first kappa shape index (κ1) is 13.8. The number of hydrogen-bond acceptors (Lipinski definition) is 3. The molecule has 1 unspecified atom stereocenters. The third kappa shape index (κ3) is 2.86. The fourth-order valence-corrected chi connectivity index (χ4v) is 2.58. The van der Waals surface area contributed by atoms with E-state index in [1.54, 1.807) is 13.0 Å². The molecule has 1 aromatic rings. The van der Waals surface area contributed by atoms with Crippen molar-refractivity contribution >= 4 is 11.8 Å². The van der Waals surface area contributed by atoms with Crippen molar-refractivity contribution < 1.29 is 14.3 Å². The molecule has 0 heterocycles. The highest BCUT2D eigenvalue weighted by atomic mass is 16.5. The van der Waals surface area contributed by atoms with Gasteiger partial charge in [-0.15, -0.1) is 0 Å². The molecule has 0 spiro atoms. The fraction of sp³-hybridized carbons (Fsp3) is 0.500. The van der Waals surface area contributed by atoms with Gasteiger partial charge in [-0.1, -0.05) is 26.0 Å². The van der Waals surface area contributed by atoms with Gasteiger partial charge in [0.15, 0.2) is 0 Å². The maximum absolute atomic E-state index is 11.9. The number of fused-ring (bicyclic) bond motifs is 1. The molecule has 1 aromatic carbocycles. The van der Waals surface area contributed by atoms with Gasteiger partial charge in [0.05, 0.1) is 6.61 Å². The highest BCUT2D eigenvalue weighted by molar-refractivity contribution is 6.40.